The van der Waals surface area contributed by atoms with Gasteiger partial charge in [0.05, 0.1) is 7.11 Å². The summed E-state index contributed by atoms with van der Waals surface area (Å²) >= 11 is 0. The topological polar surface area (TPSA) is 40.2 Å². The molecule has 1 saturated heterocycles. The fraction of sp³-hybridized carbons (Fsp3) is 0.368. The predicted octanol–water partition coefficient (Wildman–Crippen LogP) is 2.60. The molecule has 0 spiro atoms. The van der Waals surface area contributed by atoms with E-state index in [0.29, 0.717) is 6.61 Å². The standard InChI is InChI=1S/C19H21NO4/c1-21-14-5-4-6-15(9-14)23-16-10-20(11-16)12-17-13-22-18-7-2-3-8-19(18)24-17/h2-9,16-17H,10-13H2,1H3/t17-/m0/s1. The highest BCUT2D eigenvalue weighted by Gasteiger charge is 2.32. The Morgan fingerprint density at radius 2 is 1.83 bits per heavy atom. The number of hydrogen-bond donors (Lipinski definition) is 0. The Labute approximate surface area is 141 Å². The van der Waals surface area contributed by atoms with E-state index >= 15 is 0 Å². The zero-order chi connectivity index (χ0) is 16.4. The number of methoxy groups -OCH3 is 1. The second-order valence-corrected chi connectivity index (χ2v) is 6.13. The third-order valence-electron chi connectivity index (χ3n) is 4.30. The van der Waals surface area contributed by atoms with Crippen LogP contribution in [0.15, 0.2) is 48.5 Å². The lowest BCUT2D eigenvalue weighted by molar-refractivity contribution is -0.0183. The van der Waals surface area contributed by atoms with Gasteiger partial charge in [0.15, 0.2) is 11.5 Å². The maximum atomic E-state index is 6.00. The van der Waals surface area contributed by atoms with E-state index < -0.39 is 0 Å². The van der Waals surface area contributed by atoms with Crippen LogP contribution in [0, 0.1) is 0 Å². The molecule has 126 valence electrons. The van der Waals surface area contributed by atoms with Crippen LogP contribution < -0.4 is 18.9 Å². The van der Waals surface area contributed by atoms with E-state index in [2.05, 4.69) is 4.90 Å². The van der Waals surface area contributed by atoms with Crippen molar-refractivity contribution in [3.63, 3.8) is 0 Å². The molecule has 0 amide bonds. The molecule has 0 N–H and O–H groups in total. The molecule has 0 aliphatic carbocycles. The van der Waals surface area contributed by atoms with E-state index in [4.69, 9.17) is 18.9 Å². The number of para-hydroxylation sites is 2. The Hall–Kier alpha value is -2.40. The summed E-state index contributed by atoms with van der Waals surface area (Å²) in [4.78, 5) is 2.33. The first kappa shape index (κ1) is 15.1. The zero-order valence-electron chi connectivity index (χ0n) is 13.7. The van der Waals surface area contributed by atoms with Crippen molar-refractivity contribution in [2.24, 2.45) is 0 Å². The largest absolute Gasteiger partial charge is 0.497 e. The van der Waals surface area contributed by atoms with Crippen LogP contribution in [0.1, 0.15) is 0 Å². The van der Waals surface area contributed by atoms with Crippen LogP contribution in [0.2, 0.25) is 0 Å². The summed E-state index contributed by atoms with van der Waals surface area (Å²) in [6, 6.07) is 15.5. The van der Waals surface area contributed by atoms with E-state index in [1.54, 1.807) is 7.11 Å². The van der Waals surface area contributed by atoms with Gasteiger partial charge in [-0.1, -0.05) is 18.2 Å². The number of benzene rings is 2. The minimum absolute atomic E-state index is 0.0673. The molecule has 0 bridgehead atoms. The molecule has 0 radical (unpaired) electrons. The van der Waals surface area contributed by atoms with Gasteiger partial charge in [0.25, 0.3) is 0 Å². The van der Waals surface area contributed by atoms with Crippen molar-refractivity contribution in [3.8, 4) is 23.0 Å². The maximum Gasteiger partial charge on any atom is 0.161 e. The summed E-state index contributed by atoms with van der Waals surface area (Å²) in [5.41, 5.74) is 0. The number of nitrogens with zero attached hydrogens (tertiary/aromatic N) is 1. The van der Waals surface area contributed by atoms with Crippen LogP contribution in [-0.2, 0) is 0 Å². The Bertz CT molecular complexity index is 699. The lowest BCUT2D eigenvalue weighted by atomic mass is 10.1. The van der Waals surface area contributed by atoms with E-state index in [1.165, 1.54) is 0 Å². The van der Waals surface area contributed by atoms with Crippen molar-refractivity contribution >= 4 is 0 Å². The molecule has 0 saturated carbocycles. The molecule has 2 aromatic rings. The van der Waals surface area contributed by atoms with Crippen molar-refractivity contribution in [1.29, 1.82) is 0 Å². The molecule has 24 heavy (non-hydrogen) atoms. The van der Waals surface area contributed by atoms with Gasteiger partial charge in [-0.05, 0) is 24.3 Å². The van der Waals surface area contributed by atoms with Crippen molar-refractivity contribution in [1.82, 2.24) is 4.90 Å². The number of fused-ring (bicyclic) bond motifs is 1. The van der Waals surface area contributed by atoms with Crippen LogP contribution in [0.4, 0.5) is 0 Å². The number of likely N-dealkylation sites (tertiary alicyclic amines) is 1. The van der Waals surface area contributed by atoms with Gasteiger partial charge in [-0.15, -0.1) is 0 Å². The Balaban J connectivity index is 1.25. The normalized spacial score (nSPS) is 20.3. The first-order chi connectivity index (χ1) is 11.8. The molecule has 4 rings (SSSR count). The summed E-state index contributed by atoms with van der Waals surface area (Å²) in [6.45, 7) is 3.25. The highest BCUT2D eigenvalue weighted by Crippen LogP contribution is 2.31. The molecule has 0 unspecified atom stereocenters. The van der Waals surface area contributed by atoms with Gasteiger partial charge >= 0.3 is 0 Å². The van der Waals surface area contributed by atoms with Crippen molar-refractivity contribution in [2.75, 3.05) is 33.4 Å². The highest BCUT2D eigenvalue weighted by molar-refractivity contribution is 5.40. The van der Waals surface area contributed by atoms with E-state index in [1.807, 2.05) is 48.5 Å². The van der Waals surface area contributed by atoms with Crippen LogP contribution >= 0.6 is 0 Å². The lowest BCUT2D eigenvalue weighted by Gasteiger charge is -2.41. The van der Waals surface area contributed by atoms with Gasteiger partial charge in [0.2, 0.25) is 0 Å². The van der Waals surface area contributed by atoms with Gasteiger partial charge in [-0.2, -0.15) is 0 Å². The summed E-state index contributed by atoms with van der Waals surface area (Å²) in [5, 5.41) is 0. The molecule has 2 aromatic carbocycles. The smallest absolute Gasteiger partial charge is 0.161 e. The van der Waals surface area contributed by atoms with E-state index in [9.17, 15) is 0 Å². The van der Waals surface area contributed by atoms with Gasteiger partial charge in [-0.3, -0.25) is 4.90 Å². The fourth-order valence-electron chi connectivity index (χ4n) is 3.05. The lowest BCUT2D eigenvalue weighted by Crippen LogP contribution is -2.57. The summed E-state index contributed by atoms with van der Waals surface area (Å²) < 4.78 is 22.9. The fourth-order valence-corrected chi connectivity index (χ4v) is 3.05. The summed E-state index contributed by atoms with van der Waals surface area (Å²) in [5.74, 6) is 3.33. The number of hydrogen-bond acceptors (Lipinski definition) is 5. The third-order valence-corrected chi connectivity index (χ3v) is 4.30. The Kier molecular flexibility index (Phi) is 4.17. The minimum Gasteiger partial charge on any atom is -0.497 e. The molecular weight excluding hydrogens is 306 g/mol. The number of rotatable bonds is 5. The summed E-state index contributed by atoms with van der Waals surface area (Å²) in [6.07, 6.45) is 0.284. The molecule has 2 aliphatic heterocycles. The maximum absolute atomic E-state index is 6.00. The van der Waals surface area contributed by atoms with E-state index in [0.717, 1.165) is 42.6 Å². The monoisotopic (exact) mass is 327 g/mol. The van der Waals surface area contributed by atoms with Crippen molar-refractivity contribution < 1.29 is 18.9 Å². The second kappa shape index (κ2) is 6.61. The Morgan fingerprint density at radius 1 is 1.04 bits per heavy atom. The van der Waals surface area contributed by atoms with Crippen LogP contribution in [0.5, 0.6) is 23.0 Å². The quantitative estimate of drug-likeness (QED) is 0.844. The first-order valence-corrected chi connectivity index (χ1v) is 8.22. The molecule has 2 heterocycles. The second-order valence-electron chi connectivity index (χ2n) is 6.13. The number of ether oxygens (including phenoxy) is 4. The zero-order valence-corrected chi connectivity index (χ0v) is 13.7. The molecule has 5 heteroatoms. The average Bonchev–Trinajstić information content (AvgIpc) is 2.60. The van der Waals surface area contributed by atoms with E-state index in [-0.39, 0.29) is 12.2 Å². The molecular formula is C19H21NO4. The molecule has 5 nitrogen and oxygen atoms in total. The molecule has 1 fully saturated rings. The average molecular weight is 327 g/mol. The van der Waals surface area contributed by atoms with Crippen molar-refractivity contribution in [2.45, 2.75) is 12.2 Å². The summed E-state index contributed by atoms with van der Waals surface area (Å²) in [7, 11) is 1.66. The first-order valence-electron chi connectivity index (χ1n) is 8.22. The predicted molar refractivity (Wildman–Crippen MR) is 90.2 cm³/mol. The molecule has 2 aliphatic rings. The van der Waals surface area contributed by atoms with Crippen LogP contribution in [-0.4, -0.2) is 50.5 Å². The molecule has 0 aromatic heterocycles. The minimum atomic E-state index is 0.0673. The third kappa shape index (κ3) is 3.26. The van der Waals surface area contributed by atoms with Crippen LogP contribution in [0.25, 0.3) is 0 Å². The molecule has 1 atom stereocenters. The van der Waals surface area contributed by atoms with Gasteiger partial charge in [-0.25, -0.2) is 0 Å². The van der Waals surface area contributed by atoms with Gasteiger partial charge < -0.3 is 18.9 Å². The highest BCUT2D eigenvalue weighted by atomic mass is 16.6. The van der Waals surface area contributed by atoms with Crippen molar-refractivity contribution in [3.05, 3.63) is 48.5 Å². The van der Waals surface area contributed by atoms with Gasteiger partial charge in [0.1, 0.15) is 30.3 Å². The van der Waals surface area contributed by atoms with Crippen LogP contribution in [0.3, 0.4) is 0 Å². The SMILES string of the molecule is COc1cccc(OC2CN(C[C@H]3COc4ccccc4O3)C2)c1. The van der Waals surface area contributed by atoms with Gasteiger partial charge in [0, 0.05) is 25.7 Å². The Morgan fingerprint density at radius 3 is 2.67 bits per heavy atom.